The molecule has 0 spiro atoms. The number of carbonyl (C=O) groups excluding carboxylic acids is 2. The van der Waals surface area contributed by atoms with Crippen LogP contribution in [0.15, 0.2) is 42.5 Å². The first-order chi connectivity index (χ1) is 15.0. The summed E-state index contributed by atoms with van der Waals surface area (Å²) < 4.78 is 10.5. The summed E-state index contributed by atoms with van der Waals surface area (Å²) in [5, 5.41) is 12.7. The molecule has 1 heterocycles. The normalized spacial score (nSPS) is 16.0. The SMILES string of the molecule is COc1cc(CN(C(=O)Nc2cccc(C(=O)N3CCOCC3)c2)C2CC2)ccc1O. The van der Waals surface area contributed by atoms with E-state index >= 15 is 0 Å². The zero-order valence-corrected chi connectivity index (χ0v) is 17.5. The Morgan fingerprint density at radius 3 is 2.68 bits per heavy atom. The quantitative estimate of drug-likeness (QED) is 0.742. The van der Waals surface area contributed by atoms with Crippen LogP contribution in [-0.2, 0) is 11.3 Å². The maximum Gasteiger partial charge on any atom is 0.322 e. The number of amides is 3. The number of benzene rings is 2. The Hall–Kier alpha value is -3.26. The molecule has 1 saturated carbocycles. The predicted molar refractivity (Wildman–Crippen MR) is 115 cm³/mol. The van der Waals surface area contributed by atoms with E-state index < -0.39 is 0 Å². The average molecular weight is 425 g/mol. The van der Waals surface area contributed by atoms with Gasteiger partial charge in [0.05, 0.1) is 20.3 Å². The summed E-state index contributed by atoms with van der Waals surface area (Å²) in [5.41, 5.74) is 1.99. The van der Waals surface area contributed by atoms with Gasteiger partial charge in [-0.25, -0.2) is 4.79 Å². The Morgan fingerprint density at radius 1 is 1.19 bits per heavy atom. The van der Waals surface area contributed by atoms with Crippen LogP contribution in [0.1, 0.15) is 28.8 Å². The minimum absolute atomic E-state index is 0.0605. The number of methoxy groups -OCH3 is 1. The fourth-order valence-corrected chi connectivity index (χ4v) is 3.64. The molecule has 1 saturated heterocycles. The lowest BCUT2D eigenvalue weighted by atomic mass is 10.1. The summed E-state index contributed by atoms with van der Waals surface area (Å²) in [7, 11) is 1.50. The van der Waals surface area contributed by atoms with Crippen molar-refractivity contribution >= 4 is 17.6 Å². The van der Waals surface area contributed by atoms with Crippen LogP contribution in [0, 0.1) is 0 Å². The van der Waals surface area contributed by atoms with Crippen LogP contribution in [0.2, 0.25) is 0 Å². The molecule has 8 nitrogen and oxygen atoms in total. The summed E-state index contributed by atoms with van der Waals surface area (Å²) in [5.74, 6) is 0.382. The molecule has 2 N–H and O–H groups in total. The first kappa shape index (κ1) is 21.0. The van der Waals surface area contributed by atoms with Crippen LogP contribution < -0.4 is 10.1 Å². The second kappa shape index (κ2) is 9.26. The van der Waals surface area contributed by atoms with Crippen molar-refractivity contribution in [3.63, 3.8) is 0 Å². The molecular formula is C23H27N3O5. The highest BCUT2D eigenvalue weighted by Crippen LogP contribution is 2.31. The standard InChI is InChI=1S/C23H27N3O5/c1-30-21-13-16(5-8-20(21)27)15-26(19-6-7-19)23(29)24-18-4-2-3-17(14-18)22(28)25-9-11-31-12-10-25/h2-5,8,13-14,19,27H,6-7,9-12,15H2,1H3,(H,24,29). The van der Waals surface area contributed by atoms with Crippen molar-refractivity contribution in [2.24, 2.45) is 0 Å². The number of ether oxygens (including phenoxy) is 2. The highest BCUT2D eigenvalue weighted by Gasteiger charge is 2.33. The summed E-state index contributed by atoms with van der Waals surface area (Å²) in [6.45, 7) is 2.63. The Morgan fingerprint density at radius 2 is 1.97 bits per heavy atom. The summed E-state index contributed by atoms with van der Waals surface area (Å²) in [6, 6.07) is 12.1. The maximum absolute atomic E-state index is 13.0. The molecule has 2 aromatic rings. The summed E-state index contributed by atoms with van der Waals surface area (Å²) >= 11 is 0. The van der Waals surface area contributed by atoms with Gasteiger partial charge in [-0.05, 0) is 48.7 Å². The first-order valence-electron chi connectivity index (χ1n) is 10.5. The van der Waals surface area contributed by atoms with Crippen LogP contribution in [0.4, 0.5) is 10.5 Å². The van der Waals surface area contributed by atoms with Gasteiger partial charge in [0.2, 0.25) is 0 Å². The summed E-state index contributed by atoms with van der Waals surface area (Å²) in [4.78, 5) is 29.3. The second-order valence-corrected chi connectivity index (χ2v) is 7.78. The lowest BCUT2D eigenvalue weighted by molar-refractivity contribution is 0.0303. The van der Waals surface area contributed by atoms with Crippen molar-refractivity contribution in [3.05, 3.63) is 53.6 Å². The van der Waals surface area contributed by atoms with Gasteiger partial charge in [-0.1, -0.05) is 12.1 Å². The highest BCUT2D eigenvalue weighted by molar-refractivity contribution is 5.97. The van der Waals surface area contributed by atoms with E-state index in [0.717, 1.165) is 18.4 Å². The first-order valence-corrected chi connectivity index (χ1v) is 10.5. The van der Waals surface area contributed by atoms with Crippen LogP contribution in [0.25, 0.3) is 0 Å². The van der Waals surface area contributed by atoms with Gasteiger partial charge in [0, 0.05) is 36.9 Å². The van der Waals surface area contributed by atoms with Gasteiger partial charge in [0.25, 0.3) is 5.91 Å². The molecule has 3 amide bonds. The zero-order valence-electron chi connectivity index (χ0n) is 17.5. The van der Waals surface area contributed by atoms with E-state index in [4.69, 9.17) is 9.47 Å². The van der Waals surface area contributed by atoms with Crippen molar-refractivity contribution in [1.82, 2.24) is 9.80 Å². The number of morpholine rings is 1. The largest absolute Gasteiger partial charge is 0.504 e. The fraction of sp³-hybridized carbons (Fsp3) is 0.391. The molecule has 2 aromatic carbocycles. The van der Waals surface area contributed by atoms with Gasteiger partial charge in [0.15, 0.2) is 11.5 Å². The molecule has 31 heavy (non-hydrogen) atoms. The van der Waals surface area contributed by atoms with Gasteiger partial charge < -0.3 is 29.7 Å². The minimum atomic E-state index is -0.217. The van der Waals surface area contributed by atoms with E-state index in [0.29, 0.717) is 49.8 Å². The lowest BCUT2D eigenvalue weighted by Crippen LogP contribution is -2.40. The molecule has 0 radical (unpaired) electrons. The molecule has 4 rings (SSSR count). The Bertz CT molecular complexity index is 954. The number of aromatic hydroxyl groups is 1. The van der Waals surface area contributed by atoms with Gasteiger partial charge in [-0.3, -0.25) is 4.79 Å². The molecule has 164 valence electrons. The van der Waals surface area contributed by atoms with E-state index in [1.807, 2.05) is 0 Å². The lowest BCUT2D eigenvalue weighted by Gasteiger charge is -2.27. The molecule has 1 aliphatic carbocycles. The summed E-state index contributed by atoms with van der Waals surface area (Å²) in [6.07, 6.45) is 1.91. The van der Waals surface area contributed by atoms with Gasteiger partial charge in [0.1, 0.15) is 0 Å². The highest BCUT2D eigenvalue weighted by atomic mass is 16.5. The monoisotopic (exact) mass is 425 g/mol. The third-order valence-electron chi connectivity index (χ3n) is 5.50. The molecule has 0 bridgehead atoms. The van der Waals surface area contributed by atoms with Crippen LogP contribution in [-0.4, -0.2) is 66.3 Å². The second-order valence-electron chi connectivity index (χ2n) is 7.78. The molecule has 8 heteroatoms. The smallest absolute Gasteiger partial charge is 0.322 e. The van der Waals surface area contributed by atoms with E-state index in [9.17, 15) is 14.7 Å². The molecule has 2 aliphatic rings. The fourth-order valence-electron chi connectivity index (χ4n) is 3.64. The molecule has 0 atom stereocenters. The van der Waals surface area contributed by atoms with Crippen molar-refractivity contribution in [2.45, 2.75) is 25.4 Å². The van der Waals surface area contributed by atoms with Crippen LogP contribution in [0.5, 0.6) is 11.5 Å². The third kappa shape index (κ3) is 5.08. The molecular weight excluding hydrogens is 398 g/mol. The minimum Gasteiger partial charge on any atom is -0.504 e. The Labute approximate surface area is 181 Å². The maximum atomic E-state index is 13.0. The third-order valence-corrected chi connectivity index (χ3v) is 5.50. The van der Waals surface area contributed by atoms with Crippen molar-refractivity contribution in [3.8, 4) is 11.5 Å². The number of rotatable bonds is 6. The number of urea groups is 1. The van der Waals surface area contributed by atoms with E-state index in [1.54, 1.807) is 52.3 Å². The van der Waals surface area contributed by atoms with Crippen LogP contribution in [0.3, 0.4) is 0 Å². The average Bonchev–Trinajstić information content (AvgIpc) is 3.64. The number of hydrogen-bond acceptors (Lipinski definition) is 5. The number of phenols is 1. The topological polar surface area (TPSA) is 91.3 Å². The van der Waals surface area contributed by atoms with Gasteiger partial charge in [-0.2, -0.15) is 0 Å². The number of nitrogens with one attached hydrogen (secondary N) is 1. The van der Waals surface area contributed by atoms with E-state index in [-0.39, 0.29) is 23.7 Å². The Kier molecular flexibility index (Phi) is 6.27. The molecule has 0 aromatic heterocycles. The molecule has 1 aliphatic heterocycles. The van der Waals surface area contributed by atoms with Crippen LogP contribution >= 0.6 is 0 Å². The van der Waals surface area contributed by atoms with Gasteiger partial charge >= 0.3 is 6.03 Å². The number of phenolic OH excluding ortho intramolecular Hbond substituents is 1. The number of hydrogen-bond donors (Lipinski definition) is 2. The number of anilines is 1. The zero-order chi connectivity index (χ0) is 21.8. The van der Waals surface area contributed by atoms with E-state index in [2.05, 4.69) is 5.32 Å². The van der Waals surface area contributed by atoms with E-state index in [1.165, 1.54) is 7.11 Å². The van der Waals surface area contributed by atoms with Crippen molar-refractivity contribution in [1.29, 1.82) is 0 Å². The van der Waals surface area contributed by atoms with Crippen molar-refractivity contribution < 1.29 is 24.2 Å². The number of nitrogens with zero attached hydrogens (tertiary/aromatic N) is 2. The molecule has 0 unspecified atom stereocenters. The van der Waals surface area contributed by atoms with Crippen molar-refractivity contribution in [2.75, 3.05) is 38.7 Å². The predicted octanol–water partition coefficient (Wildman–Crippen LogP) is 3.07. The number of carbonyl (C=O) groups is 2. The Balaban J connectivity index is 1.45. The molecule has 2 fully saturated rings. The van der Waals surface area contributed by atoms with Gasteiger partial charge in [-0.15, -0.1) is 0 Å².